The minimum atomic E-state index is -0.466. The lowest BCUT2D eigenvalue weighted by molar-refractivity contribution is -0.159. The van der Waals surface area contributed by atoms with E-state index in [4.69, 9.17) is 9.47 Å². The van der Waals surface area contributed by atoms with Crippen molar-refractivity contribution in [1.29, 1.82) is 0 Å². The number of rotatable bonds is 3. The summed E-state index contributed by atoms with van der Waals surface area (Å²) < 4.78 is 11.8. The average Bonchev–Trinajstić information content (AvgIpc) is 2.55. The van der Waals surface area contributed by atoms with Crippen LogP contribution in [0.5, 0.6) is 0 Å². The minimum absolute atomic E-state index is 0.228. The number of fused-ring (bicyclic) bond motifs is 1. The number of hydrogen-bond donors (Lipinski definition) is 0. The maximum atomic E-state index is 12.8. The maximum Gasteiger partial charge on any atom is 0.316 e. The Bertz CT molecular complexity index is 748. The van der Waals surface area contributed by atoms with E-state index in [-0.39, 0.29) is 12.1 Å². The highest BCUT2D eigenvalue weighted by atomic mass is 16.5. The normalized spacial score (nSPS) is 21.8. The molecule has 0 fully saturated rings. The van der Waals surface area contributed by atoms with Crippen LogP contribution in [-0.4, -0.2) is 12.6 Å². The lowest BCUT2D eigenvalue weighted by Crippen LogP contribution is -2.38. The summed E-state index contributed by atoms with van der Waals surface area (Å²) in [5.41, 5.74) is 3.74. The second-order valence-corrected chi connectivity index (χ2v) is 6.72. The lowest BCUT2D eigenvalue weighted by Gasteiger charge is -2.42. The summed E-state index contributed by atoms with van der Waals surface area (Å²) >= 11 is 0. The molecule has 3 rings (SSSR count). The first-order chi connectivity index (χ1) is 11.5. The molecule has 0 aromatic heterocycles. The van der Waals surface area contributed by atoms with Crippen molar-refractivity contribution in [3.05, 3.63) is 70.8 Å². The first-order valence-corrected chi connectivity index (χ1v) is 8.45. The Morgan fingerprint density at radius 2 is 1.71 bits per heavy atom. The molecule has 126 valence electrons. The van der Waals surface area contributed by atoms with Crippen LogP contribution in [-0.2, 0) is 19.9 Å². The molecule has 2 unspecified atom stereocenters. The molecule has 3 heteroatoms. The summed E-state index contributed by atoms with van der Waals surface area (Å²) in [6, 6.07) is 16.1. The molecule has 2 aromatic rings. The Morgan fingerprint density at radius 1 is 1.08 bits per heavy atom. The zero-order valence-electron chi connectivity index (χ0n) is 14.7. The summed E-state index contributed by atoms with van der Waals surface area (Å²) in [7, 11) is 0. The predicted molar refractivity (Wildman–Crippen MR) is 93.8 cm³/mol. The van der Waals surface area contributed by atoms with Gasteiger partial charge in [-0.3, -0.25) is 4.79 Å². The predicted octanol–water partition coefficient (Wildman–Crippen LogP) is 4.65. The molecule has 0 radical (unpaired) electrons. The van der Waals surface area contributed by atoms with Gasteiger partial charge in [0.1, 0.15) is 12.0 Å². The van der Waals surface area contributed by atoms with Gasteiger partial charge < -0.3 is 9.47 Å². The van der Waals surface area contributed by atoms with Crippen molar-refractivity contribution in [3.63, 3.8) is 0 Å². The molecule has 0 aliphatic carbocycles. The van der Waals surface area contributed by atoms with Gasteiger partial charge in [-0.2, -0.15) is 0 Å². The van der Waals surface area contributed by atoms with Gasteiger partial charge in [-0.1, -0.05) is 48.5 Å². The number of carbonyl (C=O) groups is 1. The third kappa shape index (κ3) is 2.84. The van der Waals surface area contributed by atoms with Gasteiger partial charge in [0.2, 0.25) is 0 Å². The second-order valence-electron chi connectivity index (χ2n) is 6.72. The quantitative estimate of drug-likeness (QED) is 0.771. The summed E-state index contributed by atoms with van der Waals surface area (Å²) in [6.45, 7) is 8.35. The topological polar surface area (TPSA) is 35.5 Å². The number of ether oxygens (including phenoxy) is 2. The van der Waals surface area contributed by atoms with Crippen molar-refractivity contribution in [2.24, 2.45) is 0 Å². The van der Waals surface area contributed by atoms with Gasteiger partial charge in [0.25, 0.3) is 0 Å². The average molecular weight is 324 g/mol. The largest absolute Gasteiger partial charge is 0.465 e. The molecule has 0 amide bonds. The molecule has 0 saturated carbocycles. The van der Waals surface area contributed by atoms with Crippen LogP contribution in [0.1, 0.15) is 55.0 Å². The zero-order valence-corrected chi connectivity index (χ0v) is 14.7. The molecule has 2 aromatic carbocycles. The SMILES string of the molecule is CCOC(=O)C1c2ccccc2C(C)(C)OC1c1ccccc1C. The molecule has 24 heavy (non-hydrogen) atoms. The number of aryl methyl sites for hydroxylation is 1. The Kier molecular flexibility index (Phi) is 4.46. The van der Waals surface area contributed by atoms with E-state index < -0.39 is 11.5 Å². The van der Waals surface area contributed by atoms with E-state index in [1.807, 2.05) is 49.4 Å². The highest BCUT2D eigenvalue weighted by Gasteiger charge is 2.45. The molecule has 1 heterocycles. The van der Waals surface area contributed by atoms with Gasteiger partial charge in [0.05, 0.1) is 12.2 Å². The van der Waals surface area contributed by atoms with Crippen LogP contribution in [0.3, 0.4) is 0 Å². The van der Waals surface area contributed by atoms with Crippen molar-refractivity contribution >= 4 is 5.97 Å². The van der Waals surface area contributed by atoms with Crippen molar-refractivity contribution in [2.75, 3.05) is 6.61 Å². The summed E-state index contributed by atoms with van der Waals surface area (Å²) in [6.07, 6.45) is -0.352. The van der Waals surface area contributed by atoms with E-state index in [0.717, 1.165) is 22.3 Å². The van der Waals surface area contributed by atoms with Gasteiger partial charge in [-0.15, -0.1) is 0 Å². The Labute approximate surface area is 143 Å². The molecule has 0 N–H and O–H groups in total. The Morgan fingerprint density at radius 3 is 2.38 bits per heavy atom. The molecule has 1 aliphatic heterocycles. The van der Waals surface area contributed by atoms with Crippen molar-refractivity contribution in [1.82, 2.24) is 0 Å². The monoisotopic (exact) mass is 324 g/mol. The van der Waals surface area contributed by atoms with Crippen molar-refractivity contribution < 1.29 is 14.3 Å². The fourth-order valence-electron chi connectivity index (χ4n) is 3.56. The minimum Gasteiger partial charge on any atom is -0.465 e. The van der Waals surface area contributed by atoms with Crippen LogP contribution in [0.25, 0.3) is 0 Å². The highest BCUT2D eigenvalue weighted by Crippen LogP contribution is 2.49. The first kappa shape index (κ1) is 16.7. The smallest absolute Gasteiger partial charge is 0.316 e. The highest BCUT2D eigenvalue weighted by molar-refractivity contribution is 5.80. The van der Waals surface area contributed by atoms with Gasteiger partial charge in [-0.05, 0) is 49.9 Å². The fraction of sp³-hybridized carbons (Fsp3) is 0.381. The summed E-state index contributed by atoms with van der Waals surface area (Å²) in [4.78, 5) is 12.8. The Balaban J connectivity index is 2.17. The third-order valence-electron chi connectivity index (χ3n) is 4.70. The molecule has 0 saturated heterocycles. The summed E-state index contributed by atoms with van der Waals surface area (Å²) in [5.74, 6) is -0.677. The third-order valence-corrected chi connectivity index (χ3v) is 4.70. The lowest BCUT2D eigenvalue weighted by atomic mass is 9.77. The van der Waals surface area contributed by atoms with Gasteiger partial charge in [0.15, 0.2) is 0 Å². The van der Waals surface area contributed by atoms with Crippen molar-refractivity contribution in [2.45, 2.75) is 45.3 Å². The standard InChI is InChI=1S/C21H24O3/c1-5-23-20(22)18-16-12-8-9-13-17(16)21(3,4)24-19(18)15-11-7-6-10-14(15)2/h6-13,18-19H,5H2,1-4H3. The molecule has 1 aliphatic rings. The van der Waals surface area contributed by atoms with Gasteiger partial charge >= 0.3 is 5.97 Å². The number of esters is 1. The number of hydrogen-bond acceptors (Lipinski definition) is 3. The molecule has 0 bridgehead atoms. The van der Waals surface area contributed by atoms with Crippen LogP contribution in [0.15, 0.2) is 48.5 Å². The molecule has 3 nitrogen and oxygen atoms in total. The van der Waals surface area contributed by atoms with Crippen LogP contribution < -0.4 is 0 Å². The summed E-state index contributed by atoms with van der Waals surface area (Å²) in [5, 5.41) is 0. The van der Waals surface area contributed by atoms with E-state index >= 15 is 0 Å². The number of carbonyl (C=O) groups excluding carboxylic acids is 1. The van der Waals surface area contributed by atoms with Crippen LogP contribution in [0.2, 0.25) is 0 Å². The molecular formula is C21H24O3. The van der Waals surface area contributed by atoms with E-state index in [1.165, 1.54) is 0 Å². The zero-order chi connectivity index (χ0) is 17.3. The molecule has 2 atom stereocenters. The maximum absolute atomic E-state index is 12.8. The van der Waals surface area contributed by atoms with Gasteiger partial charge in [0, 0.05) is 0 Å². The van der Waals surface area contributed by atoms with E-state index in [1.54, 1.807) is 0 Å². The van der Waals surface area contributed by atoms with E-state index in [0.29, 0.717) is 6.61 Å². The van der Waals surface area contributed by atoms with Crippen LogP contribution in [0, 0.1) is 6.92 Å². The second kappa shape index (κ2) is 6.40. The van der Waals surface area contributed by atoms with Crippen molar-refractivity contribution in [3.8, 4) is 0 Å². The van der Waals surface area contributed by atoms with Crippen LogP contribution >= 0.6 is 0 Å². The van der Waals surface area contributed by atoms with Gasteiger partial charge in [-0.25, -0.2) is 0 Å². The van der Waals surface area contributed by atoms with Crippen LogP contribution in [0.4, 0.5) is 0 Å². The molecular weight excluding hydrogens is 300 g/mol. The van der Waals surface area contributed by atoms with E-state index in [2.05, 4.69) is 26.8 Å². The first-order valence-electron chi connectivity index (χ1n) is 8.45. The molecule has 0 spiro atoms. The number of benzene rings is 2. The van der Waals surface area contributed by atoms with E-state index in [9.17, 15) is 4.79 Å². The Hall–Kier alpha value is -2.13. The fourth-order valence-corrected chi connectivity index (χ4v) is 3.56.